The first kappa shape index (κ1) is 11.0. The van der Waals surface area contributed by atoms with Crippen LogP contribution in [0.1, 0.15) is 27.7 Å². The quantitative estimate of drug-likeness (QED) is 0.642. The maximum Gasteiger partial charge on any atom is 0.246 e. The zero-order valence-electron chi connectivity index (χ0n) is 8.35. The Morgan fingerprint density at radius 2 is 1.67 bits per heavy atom. The molecule has 0 bridgehead atoms. The Hall–Kier alpha value is -0.990. The third kappa shape index (κ3) is 2.57. The predicted molar refractivity (Wildman–Crippen MR) is 50.5 cm³/mol. The normalized spacial score (nSPS) is 12.3. The molecule has 3 nitrogen and oxygen atoms in total. The monoisotopic (exact) mass is 170 g/mol. The molecule has 0 rings (SSSR count). The van der Waals surface area contributed by atoms with E-state index in [0.717, 1.165) is 18.8 Å². The van der Waals surface area contributed by atoms with Crippen molar-refractivity contribution in [2.45, 2.75) is 27.7 Å². The van der Waals surface area contributed by atoms with E-state index < -0.39 is 0 Å². The Morgan fingerprint density at radius 3 is 1.92 bits per heavy atom. The van der Waals surface area contributed by atoms with Crippen LogP contribution in [0.2, 0.25) is 0 Å². The minimum absolute atomic E-state index is 0.334. The van der Waals surface area contributed by atoms with E-state index in [1.807, 2.05) is 6.92 Å². The molecule has 0 aliphatic carbocycles. The third-order valence-electron chi connectivity index (χ3n) is 2.15. The lowest BCUT2D eigenvalue weighted by atomic mass is 10.2. The number of rotatable bonds is 4. The van der Waals surface area contributed by atoms with Crippen molar-refractivity contribution in [1.82, 2.24) is 4.90 Å². The third-order valence-corrected chi connectivity index (χ3v) is 2.15. The summed E-state index contributed by atoms with van der Waals surface area (Å²) in [5, 5.41) is 0. The van der Waals surface area contributed by atoms with Gasteiger partial charge in [0.05, 0.1) is 0 Å². The number of carbonyl (C=O) groups excluding carboxylic acids is 1. The van der Waals surface area contributed by atoms with Crippen LogP contribution in [-0.2, 0) is 4.79 Å². The molecule has 0 aliphatic rings. The Bertz CT molecular complexity index is 193. The van der Waals surface area contributed by atoms with Gasteiger partial charge in [0.15, 0.2) is 0 Å². The SMILES string of the molecule is CCN(CC)/C(C)=C(\C)C(N)=O. The minimum atomic E-state index is -0.334. The summed E-state index contributed by atoms with van der Waals surface area (Å²) < 4.78 is 0. The molecule has 0 saturated heterocycles. The molecule has 0 radical (unpaired) electrons. The molecule has 1 amide bonds. The van der Waals surface area contributed by atoms with Crippen LogP contribution in [-0.4, -0.2) is 23.9 Å². The average molecular weight is 170 g/mol. The molecule has 0 aromatic carbocycles. The standard InChI is InChI=1S/C9H18N2O/c1-5-11(6-2)8(4)7(3)9(10)12/h5-6H2,1-4H3,(H2,10,12)/b8-7+. The van der Waals surface area contributed by atoms with Gasteiger partial charge < -0.3 is 10.6 Å². The molecular weight excluding hydrogens is 152 g/mol. The molecule has 0 unspecified atom stereocenters. The van der Waals surface area contributed by atoms with Gasteiger partial charge in [0, 0.05) is 24.4 Å². The number of allylic oxidation sites excluding steroid dienone is 1. The van der Waals surface area contributed by atoms with Gasteiger partial charge in [0.2, 0.25) is 5.91 Å². The molecule has 0 atom stereocenters. The molecule has 0 aliphatic heterocycles. The highest BCUT2D eigenvalue weighted by molar-refractivity contribution is 5.91. The van der Waals surface area contributed by atoms with E-state index in [9.17, 15) is 4.79 Å². The van der Waals surface area contributed by atoms with Crippen LogP contribution in [0.5, 0.6) is 0 Å². The molecule has 0 heterocycles. The first-order valence-corrected chi connectivity index (χ1v) is 4.26. The minimum Gasteiger partial charge on any atom is -0.375 e. The predicted octanol–water partition coefficient (Wildman–Crippen LogP) is 1.11. The number of primary amides is 1. The Morgan fingerprint density at radius 1 is 1.25 bits per heavy atom. The van der Waals surface area contributed by atoms with E-state index in [1.54, 1.807) is 6.92 Å². The second-order valence-electron chi connectivity index (χ2n) is 2.75. The van der Waals surface area contributed by atoms with Crippen molar-refractivity contribution >= 4 is 5.91 Å². The summed E-state index contributed by atoms with van der Waals surface area (Å²) in [6.07, 6.45) is 0. The molecule has 0 saturated carbocycles. The zero-order chi connectivity index (χ0) is 9.72. The van der Waals surface area contributed by atoms with E-state index in [-0.39, 0.29) is 5.91 Å². The fraction of sp³-hybridized carbons (Fsp3) is 0.667. The number of nitrogens with zero attached hydrogens (tertiary/aromatic N) is 1. The topological polar surface area (TPSA) is 46.3 Å². The highest BCUT2D eigenvalue weighted by atomic mass is 16.1. The number of nitrogens with two attached hydrogens (primary N) is 1. The van der Waals surface area contributed by atoms with Crippen molar-refractivity contribution in [2.24, 2.45) is 5.73 Å². The number of hydrogen-bond acceptors (Lipinski definition) is 2. The van der Waals surface area contributed by atoms with Gasteiger partial charge in [-0.25, -0.2) is 0 Å². The maximum atomic E-state index is 10.8. The molecule has 0 aromatic rings. The molecule has 70 valence electrons. The van der Waals surface area contributed by atoms with Gasteiger partial charge in [-0.05, 0) is 27.7 Å². The smallest absolute Gasteiger partial charge is 0.246 e. The van der Waals surface area contributed by atoms with Gasteiger partial charge >= 0.3 is 0 Å². The highest BCUT2D eigenvalue weighted by Crippen LogP contribution is 2.08. The van der Waals surface area contributed by atoms with Crippen molar-refractivity contribution in [1.29, 1.82) is 0 Å². The summed E-state index contributed by atoms with van der Waals surface area (Å²) in [4.78, 5) is 12.9. The van der Waals surface area contributed by atoms with Crippen LogP contribution in [0.15, 0.2) is 11.3 Å². The van der Waals surface area contributed by atoms with Gasteiger partial charge in [0.25, 0.3) is 0 Å². The molecule has 0 aromatic heterocycles. The molecule has 12 heavy (non-hydrogen) atoms. The van der Waals surface area contributed by atoms with Crippen LogP contribution in [0.3, 0.4) is 0 Å². The fourth-order valence-electron chi connectivity index (χ4n) is 1.11. The van der Waals surface area contributed by atoms with Crippen LogP contribution < -0.4 is 5.73 Å². The van der Waals surface area contributed by atoms with E-state index in [1.165, 1.54) is 0 Å². The second kappa shape index (κ2) is 4.80. The van der Waals surface area contributed by atoms with Gasteiger partial charge in [-0.2, -0.15) is 0 Å². The zero-order valence-corrected chi connectivity index (χ0v) is 8.35. The lowest BCUT2D eigenvalue weighted by molar-refractivity contribution is -0.114. The van der Waals surface area contributed by atoms with E-state index in [0.29, 0.717) is 5.57 Å². The summed E-state index contributed by atoms with van der Waals surface area (Å²) in [5.74, 6) is -0.334. The van der Waals surface area contributed by atoms with Crippen molar-refractivity contribution in [3.8, 4) is 0 Å². The van der Waals surface area contributed by atoms with Crippen LogP contribution in [0.4, 0.5) is 0 Å². The largest absolute Gasteiger partial charge is 0.375 e. The number of carbonyl (C=O) groups is 1. The van der Waals surface area contributed by atoms with Gasteiger partial charge in [-0.15, -0.1) is 0 Å². The van der Waals surface area contributed by atoms with E-state index in [4.69, 9.17) is 5.73 Å². The highest BCUT2D eigenvalue weighted by Gasteiger charge is 2.07. The summed E-state index contributed by atoms with van der Waals surface area (Å²) in [6.45, 7) is 9.62. The van der Waals surface area contributed by atoms with E-state index >= 15 is 0 Å². The Balaban J connectivity index is 4.62. The number of amides is 1. The molecule has 2 N–H and O–H groups in total. The number of hydrogen-bond donors (Lipinski definition) is 1. The summed E-state index contributed by atoms with van der Waals surface area (Å²) >= 11 is 0. The lowest BCUT2D eigenvalue weighted by Crippen LogP contribution is -2.25. The van der Waals surface area contributed by atoms with Crippen molar-refractivity contribution in [3.63, 3.8) is 0 Å². The van der Waals surface area contributed by atoms with Gasteiger partial charge in [-0.3, -0.25) is 4.79 Å². The summed E-state index contributed by atoms with van der Waals surface area (Å²) in [6, 6.07) is 0. The lowest BCUT2D eigenvalue weighted by Gasteiger charge is -2.22. The molecular formula is C9H18N2O. The van der Waals surface area contributed by atoms with Crippen molar-refractivity contribution < 1.29 is 4.79 Å². The summed E-state index contributed by atoms with van der Waals surface area (Å²) in [7, 11) is 0. The molecule has 0 spiro atoms. The summed E-state index contributed by atoms with van der Waals surface area (Å²) in [5.41, 5.74) is 6.79. The van der Waals surface area contributed by atoms with Crippen LogP contribution in [0, 0.1) is 0 Å². The van der Waals surface area contributed by atoms with Crippen molar-refractivity contribution in [3.05, 3.63) is 11.3 Å². The maximum absolute atomic E-state index is 10.8. The Labute approximate surface area is 74.2 Å². The van der Waals surface area contributed by atoms with E-state index in [2.05, 4.69) is 18.7 Å². The van der Waals surface area contributed by atoms with Crippen molar-refractivity contribution in [2.75, 3.05) is 13.1 Å². The van der Waals surface area contributed by atoms with Gasteiger partial charge in [-0.1, -0.05) is 0 Å². The first-order chi connectivity index (χ1) is 5.54. The average Bonchev–Trinajstić information content (AvgIpc) is 2.05. The van der Waals surface area contributed by atoms with Crippen LogP contribution >= 0.6 is 0 Å². The second-order valence-corrected chi connectivity index (χ2v) is 2.75. The molecule has 0 fully saturated rings. The molecule has 3 heteroatoms. The fourth-order valence-corrected chi connectivity index (χ4v) is 1.11. The van der Waals surface area contributed by atoms with Crippen LogP contribution in [0.25, 0.3) is 0 Å². The first-order valence-electron chi connectivity index (χ1n) is 4.26. The Kier molecular flexibility index (Phi) is 4.40. The van der Waals surface area contributed by atoms with Gasteiger partial charge in [0.1, 0.15) is 0 Å².